The zero-order chi connectivity index (χ0) is 22.7. The van der Waals surface area contributed by atoms with E-state index in [0.717, 1.165) is 22.3 Å². The highest BCUT2D eigenvalue weighted by atomic mass is 35.5. The van der Waals surface area contributed by atoms with Crippen molar-refractivity contribution in [2.75, 3.05) is 11.9 Å². The molecule has 1 aromatic heterocycles. The Morgan fingerprint density at radius 2 is 1.87 bits per heavy atom. The summed E-state index contributed by atoms with van der Waals surface area (Å²) in [4.78, 5) is 12.1. The predicted molar refractivity (Wildman–Crippen MR) is 122 cm³/mol. The molecule has 2 aromatic carbocycles. The van der Waals surface area contributed by atoms with Gasteiger partial charge in [0.05, 0.1) is 5.69 Å². The van der Waals surface area contributed by atoms with E-state index in [1.54, 1.807) is 32.0 Å². The van der Waals surface area contributed by atoms with Crippen LogP contribution in [-0.4, -0.2) is 22.8 Å². The lowest BCUT2D eigenvalue weighted by Gasteiger charge is -2.14. The number of anilines is 1. The van der Waals surface area contributed by atoms with Gasteiger partial charge in [-0.25, -0.2) is 0 Å². The van der Waals surface area contributed by atoms with Gasteiger partial charge in [0.2, 0.25) is 5.88 Å². The topological polar surface area (TPSA) is 84.6 Å². The molecule has 8 heteroatoms. The van der Waals surface area contributed by atoms with Gasteiger partial charge in [-0.05, 0) is 54.7 Å². The van der Waals surface area contributed by atoms with Gasteiger partial charge in [-0.15, -0.1) is 0 Å². The summed E-state index contributed by atoms with van der Waals surface area (Å²) < 4.78 is 10.6. The zero-order valence-corrected chi connectivity index (χ0v) is 19.3. The number of aromatic hydroxyl groups is 1. The Kier molecular flexibility index (Phi) is 7.13. The molecule has 0 unspecified atom stereocenters. The highest BCUT2D eigenvalue weighted by Gasteiger charge is 2.15. The number of carbonyl (C=O) groups is 1. The van der Waals surface area contributed by atoms with Crippen molar-refractivity contribution in [1.82, 2.24) is 5.16 Å². The summed E-state index contributed by atoms with van der Waals surface area (Å²) in [5, 5.41) is 17.3. The number of halogens is 2. The Bertz CT molecular complexity index is 1090. The second-order valence-corrected chi connectivity index (χ2v) is 8.46. The van der Waals surface area contributed by atoms with Crippen molar-refractivity contribution in [1.29, 1.82) is 0 Å². The fourth-order valence-corrected chi connectivity index (χ4v) is 3.66. The van der Waals surface area contributed by atoms with Crippen LogP contribution in [0.15, 0.2) is 34.9 Å². The summed E-state index contributed by atoms with van der Waals surface area (Å²) >= 11 is 12.9. The SMILES string of the molecule is Cc1noc(NC(=O)COc2cc(Cl)c(Cc3ccc(O)c(C(C)C)c3)c(Cl)c2)c1C. The number of aromatic nitrogens is 1. The zero-order valence-electron chi connectivity index (χ0n) is 17.8. The smallest absolute Gasteiger partial charge is 0.264 e. The fraction of sp³-hybridized carbons (Fsp3) is 0.304. The first kappa shape index (κ1) is 23.0. The molecule has 0 saturated carbocycles. The number of nitrogens with one attached hydrogen (secondary N) is 1. The van der Waals surface area contributed by atoms with E-state index in [1.807, 2.05) is 26.0 Å². The monoisotopic (exact) mass is 462 g/mol. The van der Waals surface area contributed by atoms with Crippen LogP contribution in [0.1, 0.15) is 47.7 Å². The van der Waals surface area contributed by atoms with Crippen LogP contribution in [0.3, 0.4) is 0 Å². The first-order valence-electron chi connectivity index (χ1n) is 9.81. The Balaban J connectivity index is 1.68. The molecule has 0 aliphatic carbocycles. The van der Waals surface area contributed by atoms with E-state index in [9.17, 15) is 9.90 Å². The number of hydrogen-bond acceptors (Lipinski definition) is 5. The summed E-state index contributed by atoms with van der Waals surface area (Å²) in [5.74, 6) is 0.757. The summed E-state index contributed by atoms with van der Waals surface area (Å²) in [6.07, 6.45) is 0.503. The molecule has 31 heavy (non-hydrogen) atoms. The average Bonchev–Trinajstić information content (AvgIpc) is 3.02. The Hall–Kier alpha value is -2.70. The summed E-state index contributed by atoms with van der Waals surface area (Å²) in [6, 6.07) is 8.73. The second kappa shape index (κ2) is 9.62. The molecule has 0 aliphatic rings. The Morgan fingerprint density at radius 3 is 2.45 bits per heavy atom. The number of hydrogen-bond donors (Lipinski definition) is 2. The molecule has 0 aliphatic heterocycles. The van der Waals surface area contributed by atoms with Crippen LogP contribution in [0, 0.1) is 13.8 Å². The van der Waals surface area contributed by atoms with Crippen molar-refractivity contribution in [2.45, 2.75) is 40.0 Å². The first-order valence-corrected chi connectivity index (χ1v) is 10.6. The van der Waals surface area contributed by atoms with Crippen molar-refractivity contribution in [2.24, 2.45) is 0 Å². The van der Waals surface area contributed by atoms with Gasteiger partial charge in [0.15, 0.2) is 6.61 Å². The number of carbonyl (C=O) groups excluding carboxylic acids is 1. The number of nitrogens with zero attached hydrogens (tertiary/aromatic N) is 1. The number of benzene rings is 2. The number of rotatable bonds is 7. The summed E-state index contributed by atoms with van der Waals surface area (Å²) in [7, 11) is 0. The largest absolute Gasteiger partial charge is 0.508 e. The van der Waals surface area contributed by atoms with E-state index in [1.165, 1.54) is 0 Å². The van der Waals surface area contributed by atoms with Crippen LogP contribution in [0.25, 0.3) is 0 Å². The lowest BCUT2D eigenvalue weighted by Crippen LogP contribution is -2.20. The van der Waals surface area contributed by atoms with Crippen LogP contribution in [0.2, 0.25) is 10.0 Å². The van der Waals surface area contributed by atoms with Gasteiger partial charge in [0.25, 0.3) is 5.91 Å². The van der Waals surface area contributed by atoms with Gasteiger partial charge in [-0.2, -0.15) is 0 Å². The molecule has 0 spiro atoms. The molecule has 0 bridgehead atoms. The van der Waals surface area contributed by atoms with Gasteiger partial charge in [0, 0.05) is 22.0 Å². The van der Waals surface area contributed by atoms with Crippen molar-refractivity contribution >= 4 is 35.0 Å². The molecule has 164 valence electrons. The van der Waals surface area contributed by atoms with Crippen molar-refractivity contribution in [3.05, 3.63) is 68.3 Å². The number of aryl methyl sites for hydroxylation is 1. The highest BCUT2D eigenvalue weighted by molar-refractivity contribution is 6.36. The maximum absolute atomic E-state index is 12.1. The van der Waals surface area contributed by atoms with Gasteiger partial charge < -0.3 is 14.4 Å². The molecular formula is C23H24Cl2N2O4. The molecule has 0 fully saturated rings. The van der Waals surface area contributed by atoms with Crippen molar-refractivity contribution in [3.8, 4) is 11.5 Å². The van der Waals surface area contributed by atoms with E-state index in [-0.39, 0.29) is 24.2 Å². The van der Waals surface area contributed by atoms with Crippen LogP contribution in [0.5, 0.6) is 11.5 Å². The van der Waals surface area contributed by atoms with E-state index in [2.05, 4.69) is 10.5 Å². The molecule has 1 heterocycles. The van der Waals surface area contributed by atoms with Crippen LogP contribution in [-0.2, 0) is 11.2 Å². The van der Waals surface area contributed by atoms with Gasteiger partial charge in [0.1, 0.15) is 11.5 Å². The van der Waals surface area contributed by atoms with Crippen LogP contribution in [0.4, 0.5) is 5.88 Å². The molecular weight excluding hydrogens is 439 g/mol. The number of amides is 1. The van der Waals surface area contributed by atoms with E-state index >= 15 is 0 Å². The minimum absolute atomic E-state index is 0.192. The third-order valence-corrected chi connectivity index (χ3v) is 5.66. The minimum Gasteiger partial charge on any atom is -0.508 e. The quantitative estimate of drug-likeness (QED) is 0.447. The summed E-state index contributed by atoms with van der Waals surface area (Å²) in [6.45, 7) is 7.40. The molecule has 0 atom stereocenters. The molecule has 2 N–H and O–H groups in total. The number of phenolic OH excluding ortho intramolecular Hbond substituents is 1. The molecule has 3 aromatic rings. The van der Waals surface area contributed by atoms with Gasteiger partial charge >= 0.3 is 0 Å². The van der Waals surface area contributed by atoms with E-state index in [4.69, 9.17) is 32.5 Å². The van der Waals surface area contributed by atoms with Crippen molar-refractivity contribution < 1.29 is 19.2 Å². The van der Waals surface area contributed by atoms with E-state index < -0.39 is 0 Å². The summed E-state index contributed by atoms with van der Waals surface area (Å²) in [5.41, 5.74) is 4.07. The lowest BCUT2D eigenvalue weighted by molar-refractivity contribution is -0.118. The Labute approximate surface area is 191 Å². The lowest BCUT2D eigenvalue weighted by atomic mass is 9.96. The van der Waals surface area contributed by atoms with Gasteiger partial charge in [-0.3, -0.25) is 10.1 Å². The van der Waals surface area contributed by atoms with Crippen LogP contribution < -0.4 is 10.1 Å². The molecule has 6 nitrogen and oxygen atoms in total. The molecule has 0 radical (unpaired) electrons. The average molecular weight is 463 g/mol. The first-order chi connectivity index (χ1) is 14.7. The minimum atomic E-state index is -0.388. The van der Waals surface area contributed by atoms with Crippen LogP contribution >= 0.6 is 23.2 Å². The number of ether oxygens (including phenoxy) is 1. The Morgan fingerprint density at radius 1 is 1.19 bits per heavy atom. The maximum Gasteiger partial charge on any atom is 0.264 e. The molecule has 3 rings (SSSR count). The standard InChI is InChI=1S/C23H24Cl2N2O4/c1-12(2)17-7-15(5-6-21(17)28)8-18-19(24)9-16(10-20(18)25)30-11-22(29)26-23-13(3)14(4)27-31-23/h5-7,9-10,12,28H,8,11H2,1-4H3,(H,26,29). The predicted octanol–water partition coefficient (Wildman–Crippen LogP) is 6.04. The normalized spacial score (nSPS) is 11.1. The van der Waals surface area contributed by atoms with Crippen molar-refractivity contribution in [3.63, 3.8) is 0 Å². The third kappa shape index (κ3) is 5.51. The molecule has 1 amide bonds. The fourth-order valence-electron chi connectivity index (χ4n) is 3.06. The molecule has 0 saturated heterocycles. The number of phenols is 1. The van der Waals surface area contributed by atoms with Gasteiger partial charge in [-0.1, -0.05) is 54.3 Å². The second-order valence-electron chi connectivity index (χ2n) is 7.65. The third-order valence-electron chi connectivity index (χ3n) is 4.99. The van der Waals surface area contributed by atoms with E-state index in [0.29, 0.717) is 33.8 Å². The highest BCUT2D eigenvalue weighted by Crippen LogP contribution is 2.34. The maximum atomic E-state index is 12.1.